The summed E-state index contributed by atoms with van der Waals surface area (Å²) in [7, 11) is 0. The molecule has 2 unspecified atom stereocenters. The summed E-state index contributed by atoms with van der Waals surface area (Å²) >= 11 is 0. The minimum absolute atomic E-state index is 0.0749. The molecule has 2 atom stereocenters. The molecule has 8 aromatic rings. The van der Waals surface area contributed by atoms with E-state index in [1.165, 1.54) is 108 Å². The Bertz CT molecular complexity index is 2780. The normalized spacial score (nSPS) is 20.6. The number of aromatic nitrogens is 1. The third-order valence-electron chi connectivity index (χ3n) is 13.9. The average molecular weight is 697 g/mol. The van der Waals surface area contributed by atoms with E-state index in [-0.39, 0.29) is 16.4 Å². The number of hydrogen-bond acceptors (Lipinski definition) is 1. The van der Waals surface area contributed by atoms with Crippen molar-refractivity contribution in [1.29, 1.82) is 0 Å². The number of nitrogens with zero attached hydrogens (tertiary/aromatic N) is 2. The largest absolute Gasteiger partial charge is 0.334 e. The topological polar surface area (TPSA) is 8.17 Å². The Hall–Kier alpha value is -5.86. The first-order valence-corrected chi connectivity index (χ1v) is 19.7. The lowest BCUT2D eigenvalue weighted by molar-refractivity contribution is 0.330. The standard InChI is InChI=1S/C52H44N2/c1-50(2)43-14-7-5-12-40(43)41-30-31-47-48(49(41)50)42-13-6-9-16-45(42)53(47)38-26-22-36(23-27-38)34-18-20-35(21-19-34)37-24-28-39(29-25-37)54-46-17-10-8-15-44(46)51(3)32-11-33-52(51,54)4/h5-10,12-31H,11,32-33H2,1-4H3. The summed E-state index contributed by atoms with van der Waals surface area (Å²) in [5, 5.41) is 2.68. The van der Waals surface area contributed by atoms with Crippen molar-refractivity contribution < 1.29 is 0 Å². The van der Waals surface area contributed by atoms with Crippen LogP contribution < -0.4 is 4.90 Å². The van der Waals surface area contributed by atoms with Crippen LogP contribution >= 0.6 is 0 Å². The van der Waals surface area contributed by atoms with Gasteiger partial charge in [-0.3, -0.25) is 0 Å². The van der Waals surface area contributed by atoms with Gasteiger partial charge >= 0.3 is 0 Å². The smallest absolute Gasteiger partial charge is 0.0544 e. The summed E-state index contributed by atoms with van der Waals surface area (Å²) in [6.45, 7) is 9.73. The van der Waals surface area contributed by atoms with E-state index >= 15 is 0 Å². The molecule has 0 saturated heterocycles. The fraction of sp³-hybridized carbons (Fsp3) is 0.192. The molecule has 1 aromatic heterocycles. The van der Waals surface area contributed by atoms with Crippen molar-refractivity contribution in [2.45, 2.75) is 63.3 Å². The molecule has 2 aliphatic carbocycles. The first-order chi connectivity index (χ1) is 26.3. The molecule has 11 rings (SSSR count). The monoisotopic (exact) mass is 696 g/mol. The van der Waals surface area contributed by atoms with Gasteiger partial charge in [-0.1, -0.05) is 142 Å². The van der Waals surface area contributed by atoms with Crippen LogP contribution in [0.2, 0.25) is 0 Å². The molecule has 0 N–H and O–H groups in total. The molecule has 2 nitrogen and oxygen atoms in total. The Morgan fingerprint density at radius 2 is 1.04 bits per heavy atom. The maximum absolute atomic E-state index is 2.64. The van der Waals surface area contributed by atoms with Crippen LogP contribution in [0.1, 0.15) is 63.6 Å². The van der Waals surface area contributed by atoms with E-state index in [1.807, 2.05) is 0 Å². The number of hydrogen-bond donors (Lipinski definition) is 0. The van der Waals surface area contributed by atoms with Gasteiger partial charge in [-0.25, -0.2) is 0 Å². The summed E-state index contributed by atoms with van der Waals surface area (Å²) in [4.78, 5) is 2.64. The van der Waals surface area contributed by atoms with Gasteiger partial charge in [0, 0.05) is 38.7 Å². The van der Waals surface area contributed by atoms with Gasteiger partial charge in [0.25, 0.3) is 0 Å². The molecule has 3 aliphatic rings. The lowest BCUT2D eigenvalue weighted by Crippen LogP contribution is -2.48. The van der Waals surface area contributed by atoms with Crippen LogP contribution in [0, 0.1) is 0 Å². The molecule has 0 radical (unpaired) electrons. The Labute approximate surface area is 318 Å². The predicted octanol–water partition coefficient (Wildman–Crippen LogP) is 13.8. The van der Waals surface area contributed by atoms with E-state index < -0.39 is 0 Å². The Morgan fingerprint density at radius 1 is 0.463 bits per heavy atom. The highest BCUT2D eigenvalue weighted by atomic mass is 15.3. The van der Waals surface area contributed by atoms with E-state index in [2.05, 4.69) is 195 Å². The zero-order valence-electron chi connectivity index (χ0n) is 31.5. The highest BCUT2D eigenvalue weighted by molar-refractivity contribution is 6.14. The Morgan fingerprint density at radius 3 is 1.74 bits per heavy atom. The Balaban J connectivity index is 0.905. The van der Waals surface area contributed by atoms with Crippen molar-refractivity contribution in [2.75, 3.05) is 4.90 Å². The number of benzene rings is 7. The van der Waals surface area contributed by atoms with E-state index in [0.29, 0.717) is 0 Å². The maximum Gasteiger partial charge on any atom is 0.0544 e. The van der Waals surface area contributed by atoms with Crippen LogP contribution in [0.5, 0.6) is 0 Å². The summed E-state index contributed by atoms with van der Waals surface area (Å²) in [5.74, 6) is 0. The van der Waals surface area contributed by atoms with Crippen LogP contribution in [-0.2, 0) is 10.8 Å². The molecule has 1 saturated carbocycles. The van der Waals surface area contributed by atoms with Gasteiger partial charge in [0.05, 0.1) is 16.6 Å². The molecule has 0 spiro atoms. The molecule has 2 heterocycles. The third-order valence-corrected chi connectivity index (χ3v) is 13.9. The van der Waals surface area contributed by atoms with E-state index in [4.69, 9.17) is 0 Å². The fourth-order valence-electron chi connectivity index (χ4n) is 11.0. The molecular formula is C52H44N2. The molecule has 54 heavy (non-hydrogen) atoms. The van der Waals surface area contributed by atoms with Crippen LogP contribution in [0.3, 0.4) is 0 Å². The van der Waals surface area contributed by atoms with Crippen molar-refractivity contribution in [3.63, 3.8) is 0 Å². The van der Waals surface area contributed by atoms with Crippen molar-refractivity contribution in [3.05, 3.63) is 174 Å². The minimum Gasteiger partial charge on any atom is -0.334 e. The average Bonchev–Trinajstić information content (AvgIpc) is 3.84. The van der Waals surface area contributed by atoms with Gasteiger partial charge in [-0.15, -0.1) is 0 Å². The molecule has 262 valence electrons. The highest BCUT2D eigenvalue weighted by Crippen LogP contribution is 2.62. The molecule has 1 aliphatic heterocycles. The number of para-hydroxylation sites is 2. The van der Waals surface area contributed by atoms with Crippen LogP contribution in [0.4, 0.5) is 11.4 Å². The first kappa shape index (κ1) is 31.6. The fourth-order valence-corrected chi connectivity index (χ4v) is 11.0. The quantitative estimate of drug-likeness (QED) is 0.178. The van der Waals surface area contributed by atoms with Crippen molar-refractivity contribution in [3.8, 4) is 39.1 Å². The zero-order chi connectivity index (χ0) is 36.4. The number of fused-ring (bicyclic) bond motifs is 10. The van der Waals surface area contributed by atoms with Crippen molar-refractivity contribution in [1.82, 2.24) is 4.57 Å². The second-order valence-corrected chi connectivity index (χ2v) is 16.9. The molecule has 7 aromatic carbocycles. The molecule has 0 amide bonds. The number of anilines is 2. The van der Waals surface area contributed by atoms with E-state index in [1.54, 1.807) is 0 Å². The molecule has 0 bridgehead atoms. The summed E-state index contributed by atoms with van der Waals surface area (Å²) < 4.78 is 2.45. The van der Waals surface area contributed by atoms with Crippen LogP contribution in [-0.4, -0.2) is 10.1 Å². The van der Waals surface area contributed by atoms with Gasteiger partial charge in [0.1, 0.15) is 0 Å². The van der Waals surface area contributed by atoms with Crippen molar-refractivity contribution >= 4 is 33.2 Å². The van der Waals surface area contributed by atoms with Crippen LogP contribution in [0.25, 0.3) is 60.9 Å². The van der Waals surface area contributed by atoms with Crippen molar-refractivity contribution in [2.24, 2.45) is 0 Å². The van der Waals surface area contributed by atoms with E-state index in [9.17, 15) is 0 Å². The Kier molecular flexibility index (Phi) is 6.50. The van der Waals surface area contributed by atoms with Gasteiger partial charge in [0.15, 0.2) is 0 Å². The van der Waals surface area contributed by atoms with Gasteiger partial charge in [-0.05, 0) is 112 Å². The summed E-state index contributed by atoms with van der Waals surface area (Å²) in [6, 6.07) is 59.1. The molecule has 2 heteroatoms. The van der Waals surface area contributed by atoms with E-state index in [0.717, 1.165) is 0 Å². The maximum atomic E-state index is 2.64. The van der Waals surface area contributed by atoms with Gasteiger partial charge in [0.2, 0.25) is 0 Å². The lowest BCUT2D eigenvalue weighted by Gasteiger charge is -2.42. The second kappa shape index (κ2) is 11.1. The third kappa shape index (κ3) is 4.12. The first-order valence-electron chi connectivity index (χ1n) is 19.7. The summed E-state index contributed by atoms with van der Waals surface area (Å²) in [5.41, 5.74) is 18.6. The lowest BCUT2D eigenvalue weighted by atomic mass is 9.72. The highest BCUT2D eigenvalue weighted by Gasteiger charge is 2.59. The van der Waals surface area contributed by atoms with Crippen LogP contribution in [0.15, 0.2) is 158 Å². The van der Waals surface area contributed by atoms with Gasteiger partial charge < -0.3 is 9.47 Å². The predicted molar refractivity (Wildman–Crippen MR) is 227 cm³/mol. The minimum atomic E-state index is -0.0749. The molecular weight excluding hydrogens is 653 g/mol. The SMILES string of the molecule is CC1(C)c2ccccc2-c2ccc3c(c21)c1ccccc1n3-c1ccc(-c2ccc(-c3ccc(N4c5ccccc5C5(C)CCCC45C)cc3)cc2)cc1. The zero-order valence-corrected chi connectivity index (χ0v) is 31.5. The number of rotatable bonds is 4. The molecule has 1 fully saturated rings. The second-order valence-electron chi connectivity index (χ2n) is 16.9. The van der Waals surface area contributed by atoms with Gasteiger partial charge in [-0.2, -0.15) is 0 Å². The summed E-state index contributed by atoms with van der Waals surface area (Å²) in [6.07, 6.45) is 3.75.